The molecular formula is C45H71N9O8. The van der Waals surface area contributed by atoms with Crippen molar-refractivity contribution in [3.05, 3.63) is 41.7 Å². The van der Waals surface area contributed by atoms with Gasteiger partial charge in [-0.15, -0.1) is 5.10 Å². The summed E-state index contributed by atoms with van der Waals surface area (Å²) in [6.07, 6.45) is 3.10. The third-order valence-corrected chi connectivity index (χ3v) is 13.2. The number of tetrazole rings is 1. The first-order valence-corrected chi connectivity index (χ1v) is 22.4. The number of carbonyl (C=O) groups is 5. The lowest BCUT2D eigenvalue weighted by molar-refractivity contribution is -0.148. The maximum absolute atomic E-state index is 14.6. The van der Waals surface area contributed by atoms with E-state index in [9.17, 15) is 24.0 Å². The van der Waals surface area contributed by atoms with E-state index in [-0.39, 0.29) is 59.9 Å². The SMILES string of the molecule is CC[C@H](C)[C@@H]([C@H](CC(=O)N1CCC[C@H]1[C@H](OC)[C@@H](C)C(=O)N[C@@H](Cc1ccccc1)c1nnn[nH]1)OC)N(C)C(=O)[C@@H](NC(=O)C1C2CCC(C2)N1C(=O)OC(C)(C)C)C(C)C. The molecule has 5 rings (SSSR count). The van der Waals surface area contributed by atoms with Crippen molar-refractivity contribution >= 4 is 29.7 Å². The Morgan fingerprint density at radius 3 is 2.29 bits per heavy atom. The van der Waals surface area contributed by atoms with E-state index >= 15 is 0 Å². The Balaban J connectivity index is 1.28. The molecule has 344 valence electrons. The van der Waals surface area contributed by atoms with Gasteiger partial charge in [0.05, 0.1) is 42.7 Å². The third kappa shape index (κ3) is 11.3. The average Bonchev–Trinajstić information content (AvgIpc) is 4.08. The first-order chi connectivity index (χ1) is 29.4. The molecule has 0 spiro atoms. The Bertz CT molecular complexity index is 1810. The minimum Gasteiger partial charge on any atom is -0.444 e. The number of ether oxygens (including phenoxy) is 3. The van der Waals surface area contributed by atoms with Crippen LogP contribution >= 0.6 is 0 Å². The zero-order valence-corrected chi connectivity index (χ0v) is 38.6. The summed E-state index contributed by atoms with van der Waals surface area (Å²) in [5.74, 6) is -1.66. The second-order valence-electron chi connectivity index (χ2n) is 18.9. The van der Waals surface area contributed by atoms with Crippen molar-refractivity contribution in [1.82, 2.24) is 46.0 Å². The molecule has 2 aliphatic heterocycles. The predicted octanol–water partition coefficient (Wildman–Crippen LogP) is 4.45. The number of H-pyrrole nitrogens is 1. The van der Waals surface area contributed by atoms with Crippen LogP contribution in [0.4, 0.5) is 4.79 Å². The zero-order valence-electron chi connectivity index (χ0n) is 38.6. The molecule has 2 saturated heterocycles. The second kappa shape index (κ2) is 21.2. The number of carbonyl (C=O) groups excluding carboxylic acids is 5. The molecule has 17 heteroatoms. The van der Waals surface area contributed by atoms with Crippen LogP contribution in [0.15, 0.2) is 30.3 Å². The minimum atomic E-state index is -0.891. The highest BCUT2D eigenvalue weighted by molar-refractivity contribution is 5.92. The van der Waals surface area contributed by atoms with Gasteiger partial charge in [0.15, 0.2) is 5.82 Å². The summed E-state index contributed by atoms with van der Waals surface area (Å²) >= 11 is 0. The molecule has 2 aromatic rings. The first-order valence-electron chi connectivity index (χ1n) is 22.4. The van der Waals surface area contributed by atoms with Gasteiger partial charge in [0, 0.05) is 40.3 Å². The van der Waals surface area contributed by atoms with E-state index in [0.29, 0.717) is 31.6 Å². The lowest BCUT2D eigenvalue weighted by Crippen LogP contribution is -2.61. The highest BCUT2D eigenvalue weighted by atomic mass is 16.6. The van der Waals surface area contributed by atoms with Crippen molar-refractivity contribution in [2.75, 3.05) is 27.8 Å². The summed E-state index contributed by atoms with van der Waals surface area (Å²) in [6, 6.07) is 6.64. The Labute approximate surface area is 367 Å². The van der Waals surface area contributed by atoms with E-state index in [0.717, 1.165) is 31.2 Å². The smallest absolute Gasteiger partial charge is 0.411 e. The number of methoxy groups -OCH3 is 2. The van der Waals surface area contributed by atoms with Gasteiger partial charge >= 0.3 is 6.09 Å². The fourth-order valence-corrected chi connectivity index (χ4v) is 9.86. The van der Waals surface area contributed by atoms with E-state index in [2.05, 4.69) is 31.3 Å². The number of likely N-dealkylation sites (tertiary alicyclic amines) is 2. The zero-order chi connectivity index (χ0) is 45.5. The van der Waals surface area contributed by atoms with Crippen molar-refractivity contribution in [2.45, 2.75) is 161 Å². The van der Waals surface area contributed by atoms with Gasteiger partial charge in [-0.25, -0.2) is 9.89 Å². The number of likely N-dealkylation sites (N-methyl/N-ethyl adjacent to an activating group) is 1. The highest BCUT2D eigenvalue weighted by Crippen LogP contribution is 2.43. The molecule has 3 aliphatic rings. The number of nitrogens with zero attached hydrogens (tertiary/aromatic N) is 6. The third-order valence-electron chi connectivity index (χ3n) is 13.2. The van der Waals surface area contributed by atoms with Crippen molar-refractivity contribution < 1.29 is 38.2 Å². The summed E-state index contributed by atoms with van der Waals surface area (Å²) in [7, 11) is 4.82. The van der Waals surface area contributed by atoms with Crippen LogP contribution in [-0.2, 0) is 39.8 Å². The molecule has 3 heterocycles. The van der Waals surface area contributed by atoms with Crippen molar-refractivity contribution in [3.8, 4) is 0 Å². The molecule has 62 heavy (non-hydrogen) atoms. The largest absolute Gasteiger partial charge is 0.444 e. The molecule has 1 aliphatic carbocycles. The average molecular weight is 866 g/mol. The molecule has 17 nitrogen and oxygen atoms in total. The summed E-state index contributed by atoms with van der Waals surface area (Å²) < 4.78 is 17.8. The van der Waals surface area contributed by atoms with Crippen LogP contribution in [0.1, 0.15) is 118 Å². The fraction of sp³-hybridized carbons (Fsp3) is 0.733. The normalized spacial score (nSPS) is 23.3. The van der Waals surface area contributed by atoms with Gasteiger partial charge in [0.1, 0.15) is 17.7 Å². The molecule has 1 saturated carbocycles. The quantitative estimate of drug-likeness (QED) is 0.180. The number of piperidine rings is 1. The topological polar surface area (TPSA) is 201 Å². The molecule has 1 aromatic heterocycles. The molecule has 2 bridgehead atoms. The number of hydrogen-bond acceptors (Lipinski definition) is 11. The van der Waals surface area contributed by atoms with Gasteiger partial charge in [0.2, 0.25) is 23.6 Å². The molecule has 11 atom stereocenters. The van der Waals surface area contributed by atoms with Gasteiger partial charge < -0.3 is 34.6 Å². The number of benzene rings is 1. The number of fused-ring (bicyclic) bond motifs is 2. The lowest BCUT2D eigenvalue weighted by atomic mass is 9.89. The lowest BCUT2D eigenvalue weighted by Gasteiger charge is -2.41. The van der Waals surface area contributed by atoms with Crippen LogP contribution in [0.25, 0.3) is 0 Å². The van der Waals surface area contributed by atoms with Crippen LogP contribution in [0.5, 0.6) is 0 Å². The standard InChI is InChI=1S/C45H71N9O8/c1-12-27(4)37(52(9)43(58)36(26(2)3)47-42(57)38-30-20-21-31(24-30)54(38)44(59)62-45(6,7)8)34(60-10)25-35(55)53-22-16-19-33(53)39(61-11)28(5)41(56)46-32(40-48-50-51-49-40)23-29-17-14-13-15-18-29/h13-15,17-18,26-28,30-34,36-39H,12,16,19-25H2,1-11H3,(H,46,56)(H,47,57)(H,48,49,50,51)/t27-,28+,30?,31?,32-,33-,34-,36-,37-,38?,39+/m0/s1. The molecular weight excluding hydrogens is 795 g/mol. The minimum absolute atomic E-state index is 0.0109. The maximum atomic E-state index is 14.6. The van der Waals surface area contributed by atoms with Crippen LogP contribution < -0.4 is 10.6 Å². The molecule has 3 N–H and O–H groups in total. The second-order valence-corrected chi connectivity index (χ2v) is 18.9. The Hall–Kier alpha value is -4.64. The van der Waals surface area contributed by atoms with E-state index in [4.69, 9.17) is 14.2 Å². The predicted molar refractivity (Wildman–Crippen MR) is 231 cm³/mol. The monoisotopic (exact) mass is 866 g/mol. The molecule has 0 radical (unpaired) electrons. The summed E-state index contributed by atoms with van der Waals surface area (Å²) in [4.78, 5) is 75.4. The van der Waals surface area contributed by atoms with Gasteiger partial charge in [-0.3, -0.25) is 24.1 Å². The van der Waals surface area contributed by atoms with Gasteiger partial charge in [-0.05, 0) is 86.6 Å². The van der Waals surface area contributed by atoms with Crippen molar-refractivity contribution in [3.63, 3.8) is 0 Å². The van der Waals surface area contributed by atoms with Crippen molar-refractivity contribution in [1.29, 1.82) is 0 Å². The summed E-state index contributed by atoms with van der Waals surface area (Å²) in [5.41, 5.74) is 0.282. The Kier molecular flexibility index (Phi) is 16.5. The van der Waals surface area contributed by atoms with E-state index in [1.54, 1.807) is 63.7 Å². The molecule has 3 unspecified atom stereocenters. The number of aromatic amines is 1. The van der Waals surface area contributed by atoms with Crippen LogP contribution in [-0.4, -0.2) is 141 Å². The number of amides is 5. The van der Waals surface area contributed by atoms with Crippen LogP contribution in [0, 0.1) is 23.7 Å². The number of nitrogens with one attached hydrogen (secondary N) is 3. The molecule has 5 amide bonds. The number of hydrogen-bond donors (Lipinski definition) is 3. The van der Waals surface area contributed by atoms with Crippen LogP contribution in [0.2, 0.25) is 0 Å². The van der Waals surface area contributed by atoms with E-state index < -0.39 is 54.0 Å². The number of aromatic nitrogens is 4. The Morgan fingerprint density at radius 2 is 1.69 bits per heavy atom. The van der Waals surface area contributed by atoms with Crippen molar-refractivity contribution in [2.24, 2.45) is 23.7 Å². The first kappa shape index (κ1) is 48.4. The Morgan fingerprint density at radius 1 is 0.984 bits per heavy atom. The van der Waals surface area contributed by atoms with Gasteiger partial charge in [0.25, 0.3) is 0 Å². The maximum Gasteiger partial charge on any atom is 0.411 e. The molecule has 1 aromatic carbocycles. The highest BCUT2D eigenvalue weighted by Gasteiger charge is 2.53. The van der Waals surface area contributed by atoms with Gasteiger partial charge in [-0.2, -0.15) is 0 Å². The number of rotatable bonds is 19. The van der Waals surface area contributed by atoms with Gasteiger partial charge in [-0.1, -0.05) is 71.4 Å². The summed E-state index contributed by atoms with van der Waals surface area (Å²) in [5, 5.41) is 20.5. The summed E-state index contributed by atoms with van der Waals surface area (Å²) in [6.45, 7) is 15.5. The molecule has 3 fully saturated rings. The van der Waals surface area contributed by atoms with Crippen LogP contribution in [0.3, 0.4) is 0 Å². The van der Waals surface area contributed by atoms with E-state index in [1.165, 1.54) is 0 Å². The fourth-order valence-electron chi connectivity index (χ4n) is 9.86. The van der Waals surface area contributed by atoms with E-state index in [1.807, 2.05) is 58.0 Å².